The highest BCUT2D eigenvalue weighted by molar-refractivity contribution is 6.78. The van der Waals surface area contributed by atoms with Gasteiger partial charge in [0.15, 0.2) is 8.24 Å². The minimum Gasteiger partial charge on any atom is -0.364 e. The van der Waals surface area contributed by atoms with E-state index in [1.165, 1.54) is 37.4 Å². The van der Waals surface area contributed by atoms with Gasteiger partial charge in [0.1, 0.15) is 0 Å². The first-order valence-electron chi connectivity index (χ1n) is 6.27. The number of hydrogen-bond donors (Lipinski definition) is 0. The van der Waals surface area contributed by atoms with E-state index in [1.807, 2.05) is 12.5 Å². The number of rotatable bonds is 7. The second-order valence-corrected chi connectivity index (χ2v) is 8.91. The van der Waals surface area contributed by atoms with E-state index in [0.717, 1.165) is 0 Å². The molecule has 3 heteroatoms. The Balaban J connectivity index is 2.90. The lowest BCUT2D eigenvalue weighted by atomic mass is 10.6. The first-order chi connectivity index (χ1) is 7.29. The topological polar surface area (TPSA) is 17.8 Å². The lowest BCUT2D eigenvalue weighted by molar-refractivity contribution is 0.867. The fraction of sp³-hybridized carbons (Fsp3) is 0.750. The van der Waals surface area contributed by atoms with Crippen molar-refractivity contribution < 1.29 is 0 Å². The standard InChI is InChI=1S/C12H24N2Si/c1-4-9-15(10-5-2,11-6-3)14-8-7-13-12-14/h7-8,12H,4-6,9-11H2,1-3H3. The third-order valence-electron chi connectivity index (χ3n) is 3.20. The zero-order valence-electron chi connectivity index (χ0n) is 10.4. The number of imidazole rings is 1. The summed E-state index contributed by atoms with van der Waals surface area (Å²) >= 11 is 0. The molecule has 0 bridgehead atoms. The van der Waals surface area contributed by atoms with Crippen LogP contribution >= 0.6 is 0 Å². The molecule has 0 aliphatic carbocycles. The summed E-state index contributed by atoms with van der Waals surface area (Å²) in [6.45, 7) is 6.93. The van der Waals surface area contributed by atoms with Gasteiger partial charge in [-0.2, -0.15) is 0 Å². The molecular weight excluding hydrogens is 200 g/mol. The fourth-order valence-corrected chi connectivity index (χ4v) is 7.71. The third-order valence-corrected chi connectivity index (χ3v) is 8.85. The second-order valence-electron chi connectivity index (χ2n) is 4.44. The molecule has 1 aromatic heterocycles. The average Bonchev–Trinajstić information content (AvgIpc) is 2.72. The largest absolute Gasteiger partial charge is 0.364 e. The van der Waals surface area contributed by atoms with E-state index in [2.05, 4.69) is 36.2 Å². The zero-order chi connectivity index (χ0) is 11.1. The van der Waals surface area contributed by atoms with E-state index in [1.54, 1.807) is 0 Å². The van der Waals surface area contributed by atoms with Gasteiger partial charge in [-0.1, -0.05) is 40.0 Å². The first-order valence-corrected chi connectivity index (χ1v) is 8.84. The Morgan fingerprint density at radius 2 is 1.53 bits per heavy atom. The summed E-state index contributed by atoms with van der Waals surface area (Å²) in [4.78, 5) is 4.23. The number of aromatic nitrogens is 2. The van der Waals surface area contributed by atoms with Crippen molar-refractivity contribution in [3.8, 4) is 0 Å². The number of hydrogen-bond acceptors (Lipinski definition) is 1. The molecule has 1 heterocycles. The van der Waals surface area contributed by atoms with Crippen LogP contribution in [0.2, 0.25) is 18.1 Å². The molecule has 0 spiro atoms. The molecule has 0 unspecified atom stereocenters. The molecule has 0 aromatic carbocycles. The van der Waals surface area contributed by atoms with Crippen molar-refractivity contribution in [3.05, 3.63) is 18.7 Å². The van der Waals surface area contributed by atoms with Gasteiger partial charge in [-0.15, -0.1) is 0 Å². The van der Waals surface area contributed by atoms with Crippen LogP contribution in [0.25, 0.3) is 0 Å². The summed E-state index contributed by atoms with van der Waals surface area (Å²) in [7, 11) is -1.27. The summed E-state index contributed by atoms with van der Waals surface area (Å²) < 4.78 is 2.48. The van der Waals surface area contributed by atoms with Crippen LogP contribution in [-0.4, -0.2) is 17.5 Å². The molecular formula is C12H24N2Si. The third kappa shape index (κ3) is 2.94. The Hall–Kier alpha value is -0.573. The quantitative estimate of drug-likeness (QED) is 0.642. The van der Waals surface area contributed by atoms with E-state index >= 15 is 0 Å². The number of nitrogens with zero attached hydrogens (tertiary/aromatic N) is 2. The molecule has 0 saturated heterocycles. The normalized spacial score (nSPS) is 11.9. The molecule has 0 N–H and O–H groups in total. The summed E-state index contributed by atoms with van der Waals surface area (Å²) in [5, 5.41) is 0. The SMILES string of the molecule is CCC[Si](CCC)(CCC)n1ccnc1. The Bertz CT molecular complexity index is 240. The molecule has 0 fully saturated rings. The second kappa shape index (κ2) is 6.11. The van der Waals surface area contributed by atoms with Crippen LogP contribution in [0.15, 0.2) is 18.7 Å². The van der Waals surface area contributed by atoms with Crippen LogP contribution in [0.3, 0.4) is 0 Å². The molecule has 15 heavy (non-hydrogen) atoms. The van der Waals surface area contributed by atoms with Gasteiger partial charge in [0.05, 0.1) is 6.33 Å². The molecule has 2 nitrogen and oxygen atoms in total. The van der Waals surface area contributed by atoms with Crippen LogP contribution < -0.4 is 0 Å². The molecule has 86 valence electrons. The summed E-state index contributed by atoms with van der Waals surface area (Å²) in [6, 6.07) is 4.22. The van der Waals surface area contributed by atoms with Gasteiger partial charge in [0, 0.05) is 12.4 Å². The average molecular weight is 224 g/mol. The van der Waals surface area contributed by atoms with Gasteiger partial charge >= 0.3 is 0 Å². The van der Waals surface area contributed by atoms with E-state index < -0.39 is 8.24 Å². The fourth-order valence-electron chi connectivity index (χ4n) is 2.70. The van der Waals surface area contributed by atoms with Crippen molar-refractivity contribution in [1.82, 2.24) is 9.22 Å². The summed E-state index contributed by atoms with van der Waals surface area (Å²) in [5.74, 6) is 0. The van der Waals surface area contributed by atoms with E-state index in [-0.39, 0.29) is 0 Å². The predicted molar refractivity (Wildman–Crippen MR) is 68.7 cm³/mol. The summed E-state index contributed by atoms with van der Waals surface area (Å²) in [6.07, 6.45) is 10.1. The Morgan fingerprint density at radius 3 is 1.87 bits per heavy atom. The molecule has 0 saturated carbocycles. The van der Waals surface area contributed by atoms with Crippen LogP contribution in [0.1, 0.15) is 40.0 Å². The van der Waals surface area contributed by atoms with Crippen LogP contribution in [-0.2, 0) is 0 Å². The predicted octanol–water partition coefficient (Wildman–Crippen LogP) is 3.91. The first kappa shape index (κ1) is 12.5. The van der Waals surface area contributed by atoms with Gasteiger partial charge < -0.3 is 4.23 Å². The lowest BCUT2D eigenvalue weighted by Gasteiger charge is -2.32. The molecule has 0 aliphatic rings. The van der Waals surface area contributed by atoms with Crippen LogP contribution in [0, 0.1) is 0 Å². The molecule has 0 radical (unpaired) electrons. The smallest absolute Gasteiger partial charge is 0.163 e. The van der Waals surface area contributed by atoms with Crippen LogP contribution in [0.5, 0.6) is 0 Å². The Morgan fingerprint density at radius 1 is 1.00 bits per heavy atom. The van der Waals surface area contributed by atoms with Crippen molar-refractivity contribution >= 4 is 8.24 Å². The van der Waals surface area contributed by atoms with Crippen molar-refractivity contribution in [3.63, 3.8) is 0 Å². The highest BCUT2D eigenvalue weighted by Gasteiger charge is 2.32. The highest BCUT2D eigenvalue weighted by Crippen LogP contribution is 2.27. The molecule has 1 aromatic rings. The summed E-state index contributed by atoms with van der Waals surface area (Å²) in [5.41, 5.74) is 0. The lowest BCUT2D eigenvalue weighted by Crippen LogP contribution is -2.42. The van der Waals surface area contributed by atoms with Crippen molar-refractivity contribution in [2.24, 2.45) is 0 Å². The maximum atomic E-state index is 4.23. The monoisotopic (exact) mass is 224 g/mol. The van der Waals surface area contributed by atoms with Gasteiger partial charge in [-0.25, -0.2) is 4.98 Å². The van der Waals surface area contributed by atoms with E-state index in [4.69, 9.17) is 0 Å². The minimum atomic E-state index is -1.27. The van der Waals surface area contributed by atoms with Crippen molar-refractivity contribution in [2.75, 3.05) is 0 Å². The molecule has 1 rings (SSSR count). The zero-order valence-corrected chi connectivity index (χ0v) is 11.4. The maximum absolute atomic E-state index is 4.23. The maximum Gasteiger partial charge on any atom is 0.163 e. The molecule has 0 aliphatic heterocycles. The Labute approximate surface area is 94.8 Å². The van der Waals surface area contributed by atoms with Gasteiger partial charge in [-0.05, 0) is 18.1 Å². The van der Waals surface area contributed by atoms with Gasteiger partial charge in [0.25, 0.3) is 0 Å². The molecule has 0 amide bonds. The molecule has 0 atom stereocenters. The van der Waals surface area contributed by atoms with E-state index in [9.17, 15) is 0 Å². The van der Waals surface area contributed by atoms with Crippen LogP contribution in [0.4, 0.5) is 0 Å². The van der Waals surface area contributed by atoms with Crippen molar-refractivity contribution in [2.45, 2.75) is 58.2 Å². The van der Waals surface area contributed by atoms with Gasteiger partial charge in [0.2, 0.25) is 0 Å². The van der Waals surface area contributed by atoms with Gasteiger partial charge in [-0.3, -0.25) is 0 Å². The Kier molecular flexibility index (Phi) is 5.09. The van der Waals surface area contributed by atoms with Crippen molar-refractivity contribution in [1.29, 1.82) is 0 Å². The van der Waals surface area contributed by atoms with E-state index in [0.29, 0.717) is 0 Å². The minimum absolute atomic E-state index is 1.27. The highest BCUT2D eigenvalue weighted by atomic mass is 28.3.